The number of thiol groups is 2. The van der Waals surface area contributed by atoms with E-state index in [2.05, 4.69) is 59.7 Å². The molecule has 0 amide bonds. The Bertz CT molecular complexity index is 2130. The number of hydrogen-bond donors (Lipinski definition) is 5. The second-order valence-electron chi connectivity index (χ2n) is 11.8. The average Bonchev–Trinajstić information content (AvgIpc) is 3.73. The fourth-order valence-electron chi connectivity index (χ4n) is 6.64. The van der Waals surface area contributed by atoms with Gasteiger partial charge in [0, 0.05) is 0 Å². The zero-order valence-electron chi connectivity index (χ0n) is 24.6. The molecule has 4 saturated heterocycles. The van der Waals surface area contributed by atoms with Crippen LogP contribution in [0.2, 0.25) is 0 Å². The van der Waals surface area contributed by atoms with Gasteiger partial charge in [0.2, 0.25) is 5.95 Å². The number of nitrogens with zero attached hydrogens (tertiary/aromatic N) is 8. The lowest BCUT2D eigenvalue weighted by molar-refractivity contribution is -0.348. The third-order valence-corrected chi connectivity index (χ3v) is 11.8. The molecule has 21 nitrogen and oxygen atoms in total. The van der Waals surface area contributed by atoms with Gasteiger partial charge in [-0.1, -0.05) is 29.7 Å². The molecule has 8 rings (SSSR count). The van der Waals surface area contributed by atoms with E-state index in [9.17, 15) is 13.9 Å². The van der Waals surface area contributed by atoms with Crippen molar-refractivity contribution in [1.29, 1.82) is 0 Å². The zero-order chi connectivity index (χ0) is 34.0. The van der Waals surface area contributed by atoms with Crippen LogP contribution in [0.5, 0.6) is 0 Å². The maximum absolute atomic E-state index is 16.1. The van der Waals surface area contributed by atoms with E-state index < -0.39 is 86.6 Å². The Kier molecular flexibility index (Phi) is 7.35. The van der Waals surface area contributed by atoms with Gasteiger partial charge in [-0.2, -0.15) is 9.67 Å². The Morgan fingerprint density at radius 1 is 1.04 bits per heavy atom. The molecular weight excluding hydrogens is 723 g/mol. The molecule has 8 heterocycles. The number of nitrogens with one attached hydrogen (secondary N) is 1. The smallest absolute Gasteiger partial charge is 0.382 e. The van der Waals surface area contributed by atoms with E-state index in [1.54, 1.807) is 11.5 Å². The first-order valence-electron chi connectivity index (χ1n) is 14.1. The van der Waals surface area contributed by atoms with Crippen LogP contribution in [0, 0.1) is 5.92 Å². The minimum atomic E-state index is -4.46. The van der Waals surface area contributed by atoms with Crippen molar-refractivity contribution in [3.05, 3.63) is 23.0 Å². The summed E-state index contributed by atoms with van der Waals surface area (Å²) in [5, 5.41) is 7.64. The first-order chi connectivity index (χ1) is 22.6. The van der Waals surface area contributed by atoms with Crippen LogP contribution in [0.1, 0.15) is 26.3 Å². The van der Waals surface area contributed by atoms with Gasteiger partial charge in [0.25, 0.3) is 5.56 Å². The number of halogens is 1. The molecule has 0 saturated carbocycles. The highest BCUT2D eigenvalue weighted by Gasteiger charge is 2.72. The molecule has 4 aromatic rings. The van der Waals surface area contributed by atoms with Crippen molar-refractivity contribution in [2.24, 2.45) is 5.92 Å². The number of fused-ring (bicyclic) bond motifs is 4. The lowest BCUT2D eigenvalue weighted by Crippen LogP contribution is -2.65. The number of hydrogen-bond acceptors (Lipinski definition) is 18. The topological polar surface area (TPSA) is 271 Å². The Morgan fingerprint density at radius 3 is 2.62 bits per heavy atom. The fourth-order valence-corrected chi connectivity index (χ4v) is 9.83. The van der Waals surface area contributed by atoms with Gasteiger partial charge in [0.15, 0.2) is 47.0 Å². The molecule has 4 fully saturated rings. The van der Waals surface area contributed by atoms with E-state index in [0.29, 0.717) is 11.2 Å². The Labute approximate surface area is 277 Å². The number of aromatic amines is 1. The minimum absolute atomic E-state index is 0.140. The number of H-pyrrole nitrogens is 1. The molecule has 258 valence electrons. The maximum Gasteiger partial charge on any atom is 0.388 e. The van der Waals surface area contributed by atoms with Crippen molar-refractivity contribution < 1.29 is 45.8 Å². The van der Waals surface area contributed by atoms with E-state index in [4.69, 9.17) is 43.8 Å². The molecule has 5 N–H and O–H groups in total. The summed E-state index contributed by atoms with van der Waals surface area (Å²) < 4.78 is 87.1. The van der Waals surface area contributed by atoms with E-state index >= 15 is 4.39 Å². The molecule has 2 unspecified atom stereocenters. The molecule has 48 heavy (non-hydrogen) atoms. The number of imidazole rings is 1. The third kappa shape index (κ3) is 5.08. The first kappa shape index (κ1) is 32.4. The summed E-state index contributed by atoms with van der Waals surface area (Å²) in [6, 6.07) is 0. The third-order valence-electron chi connectivity index (χ3n) is 8.58. The number of alkyl halides is 1. The summed E-state index contributed by atoms with van der Waals surface area (Å²) in [7, 11) is 0. The standard InChI is InChI=1S/C22H26FN11O10P2S2/c1-21-4-39-45(36,47)43-11-8(23)7(40-19(11)34-16-10(31-32-34)17(35)30-20(25)29-16)3-38-46(37,48)44-22(2)13(21)12(41-22)18(42-21)33-6-28-9-14(24)26-5-27-15(9)33/h5-8,11-13,18-19H,3-4H2,1-2H3,(H,36,47)(H,37,48)(H2,24,26,27)(H3,25,29,30,35)/t7-,8+,11-,12-,13+,18-,19-,21-,22-,45?,46?/m1/s1. The van der Waals surface area contributed by atoms with Gasteiger partial charge < -0.3 is 25.7 Å². The SMILES string of the molecule is C[C@@]12O[C@H]3[C@H](n4cnc5c(N)ncnc54)O[C@](C)(COP(=O)(S)O[C@@H]4[C@@H](F)[C@@H](COP(=O)(S)O1)O[C@H]4n1nnc4c(=O)[nH]c(N)nc41)[C@H]32. The minimum Gasteiger partial charge on any atom is -0.382 e. The lowest BCUT2D eigenvalue weighted by Gasteiger charge is -2.53. The second kappa shape index (κ2) is 10.9. The molecule has 2 bridgehead atoms. The van der Waals surface area contributed by atoms with Crippen LogP contribution in [0.4, 0.5) is 16.2 Å². The number of rotatable bonds is 2. The van der Waals surface area contributed by atoms with Crippen molar-refractivity contribution in [3.63, 3.8) is 0 Å². The van der Waals surface area contributed by atoms with Crippen LogP contribution in [-0.2, 0) is 41.4 Å². The highest BCUT2D eigenvalue weighted by molar-refractivity contribution is 8.44. The van der Waals surface area contributed by atoms with E-state index in [1.165, 1.54) is 19.6 Å². The number of anilines is 2. The quantitative estimate of drug-likeness (QED) is 0.143. The van der Waals surface area contributed by atoms with Crippen molar-refractivity contribution in [2.45, 2.75) is 62.2 Å². The first-order valence-corrected chi connectivity index (χ1v) is 19.5. The summed E-state index contributed by atoms with van der Waals surface area (Å²) in [5.74, 6) is -2.58. The number of nitrogen functional groups attached to an aromatic ring is 2. The van der Waals surface area contributed by atoms with Crippen molar-refractivity contribution >= 4 is 72.2 Å². The average molecular weight is 750 g/mol. The Morgan fingerprint density at radius 2 is 1.83 bits per heavy atom. The fraction of sp³-hybridized carbons (Fsp3) is 0.591. The van der Waals surface area contributed by atoms with Crippen LogP contribution in [0.3, 0.4) is 0 Å². The molecule has 4 aliphatic heterocycles. The normalized spacial score (nSPS) is 41.6. The Hall–Kier alpha value is -2.76. The number of nitrogens with two attached hydrogens (primary N) is 2. The molecular formula is C22H26FN11O10P2S2. The van der Waals surface area contributed by atoms with E-state index in [1.807, 2.05) is 0 Å². The van der Waals surface area contributed by atoms with Crippen LogP contribution >= 0.6 is 38.1 Å². The summed E-state index contributed by atoms with van der Waals surface area (Å²) >= 11 is 8.26. The molecule has 0 radical (unpaired) electrons. The monoisotopic (exact) mass is 749 g/mol. The van der Waals surface area contributed by atoms with Crippen LogP contribution in [0.25, 0.3) is 22.3 Å². The van der Waals surface area contributed by atoms with Gasteiger partial charge in [-0.15, -0.1) is 5.10 Å². The molecule has 11 atom stereocenters. The van der Waals surface area contributed by atoms with Gasteiger partial charge in [-0.25, -0.2) is 28.5 Å². The largest absolute Gasteiger partial charge is 0.388 e. The zero-order valence-corrected chi connectivity index (χ0v) is 28.2. The molecule has 0 aromatic carbocycles. The van der Waals surface area contributed by atoms with Crippen molar-refractivity contribution in [1.82, 2.24) is 44.5 Å². The van der Waals surface area contributed by atoms with Gasteiger partial charge >= 0.3 is 13.6 Å². The summed E-state index contributed by atoms with van der Waals surface area (Å²) in [6.45, 7) is -6.84. The summed E-state index contributed by atoms with van der Waals surface area (Å²) in [5.41, 5.74) is 9.75. The molecule has 4 aliphatic rings. The van der Waals surface area contributed by atoms with Crippen LogP contribution in [0.15, 0.2) is 17.4 Å². The summed E-state index contributed by atoms with van der Waals surface area (Å²) in [4.78, 5) is 31.2. The van der Waals surface area contributed by atoms with Gasteiger partial charge in [-0.3, -0.25) is 32.4 Å². The molecule has 0 spiro atoms. The predicted octanol–water partition coefficient (Wildman–Crippen LogP) is 1.30. The van der Waals surface area contributed by atoms with Gasteiger partial charge in [0.05, 0.1) is 25.5 Å². The molecule has 4 aromatic heterocycles. The van der Waals surface area contributed by atoms with E-state index in [-0.39, 0.29) is 22.9 Å². The molecule has 26 heteroatoms. The predicted molar refractivity (Wildman–Crippen MR) is 165 cm³/mol. The van der Waals surface area contributed by atoms with Crippen LogP contribution < -0.4 is 17.0 Å². The van der Waals surface area contributed by atoms with Crippen molar-refractivity contribution in [2.75, 3.05) is 24.7 Å². The number of aromatic nitrogens is 9. The van der Waals surface area contributed by atoms with Gasteiger partial charge in [0.1, 0.15) is 35.8 Å². The molecule has 0 aliphatic carbocycles. The second-order valence-corrected chi connectivity index (χ2v) is 17.5. The highest BCUT2D eigenvalue weighted by atomic mass is 32.7. The highest BCUT2D eigenvalue weighted by Crippen LogP contribution is 2.67. The number of ether oxygens (including phenoxy) is 3. The van der Waals surface area contributed by atoms with Gasteiger partial charge in [-0.05, 0) is 13.8 Å². The maximum atomic E-state index is 16.1. The van der Waals surface area contributed by atoms with E-state index in [0.717, 1.165) is 4.68 Å². The summed E-state index contributed by atoms with van der Waals surface area (Å²) in [6.07, 6.45) is -5.94. The van der Waals surface area contributed by atoms with Crippen molar-refractivity contribution in [3.8, 4) is 0 Å². The Balaban J connectivity index is 1.16. The van der Waals surface area contributed by atoms with Crippen LogP contribution in [-0.4, -0.2) is 93.6 Å². The lowest BCUT2D eigenvalue weighted by atomic mass is 9.76.